The number of hydrogen-bond acceptors (Lipinski definition) is 3. The van der Waals surface area contributed by atoms with Gasteiger partial charge in [-0.05, 0) is 61.8 Å². The molecule has 0 spiro atoms. The summed E-state index contributed by atoms with van der Waals surface area (Å²) in [6.07, 6.45) is 1.26. The molecule has 0 amide bonds. The molecular formula is C19H22FN3. The molecule has 2 heterocycles. The van der Waals surface area contributed by atoms with Crippen LogP contribution in [0.15, 0.2) is 48.5 Å². The Hall–Kier alpha value is -2.07. The number of anilines is 3. The largest absolute Gasteiger partial charge is 0.368 e. The van der Waals surface area contributed by atoms with Crippen LogP contribution in [0.25, 0.3) is 0 Å². The van der Waals surface area contributed by atoms with Crippen molar-refractivity contribution in [2.75, 3.05) is 42.5 Å². The maximum Gasteiger partial charge on any atom is 0.123 e. The first kappa shape index (κ1) is 14.5. The first-order chi connectivity index (χ1) is 11.3. The Balaban J connectivity index is 1.62. The minimum absolute atomic E-state index is 0.186. The zero-order valence-corrected chi connectivity index (χ0v) is 13.2. The fourth-order valence-corrected chi connectivity index (χ4v) is 3.68. The fraction of sp³-hybridized carbons (Fsp3) is 0.368. The maximum absolute atomic E-state index is 13.2. The molecule has 1 saturated heterocycles. The fourth-order valence-electron chi connectivity index (χ4n) is 3.68. The van der Waals surface area contributed by atoms with Crippen molar-refractivity contribution in [3.05, 3.63) is 54.3 Å². The zero-order chi connectivity index (χ0) is 15.6. The van der Waals surface area contributed by atoms with Gasteiger partial charge in [0.1, 0.15) is 5.82 Å². The average Bonchev–Trinajstić information content (AvgIpc) is 3.09. The van der Waals surface area contributed by atoms with Gasteiger partial charge in [0, 0.05) is 25.3 Å². The van der Waals surface area contributed by atoms with Crippen LogP contribution in [0.4, 0.5) is 21.5 Å². The van der Waals surface area contributed by atoms with Crippen LogP contribution in [0.5, 0.6) is 0 Å². The van der Waals surface area contributed by atoms with E-state index in [0.717, 1.165) is 44.3 Å². The highest BCUT2D eigenvalue weighted by Crippen LogP contribution is 2.38. The molecule has 0 aliphatic carbocycles. The van der Waals surface area contributed by atoms with Gasteiger partial charge in [-0.15, -0.1) is 0 Å². The molecule has 3 nitrogen and oxygen atoms in total. The molecule has 0 bridgehead atoms. The predicted octanol–water partition coefficient (Wildman–Crippen LogP) is 3.39. The molecular weight excluding hydrogens is 289 g/mol. The second kappa shape index (κ2) is 6.20. The maximum atomic E-state index is 13.2. The summed E-state index contributed by atoms with van der Waals surface area (Å²) in [6.45, 7) is 5.32. The monoisotopic (exact) mass is 311 g/mol. The minimum atomic E-state index is -0.186. The van der Waals surface area contributed by atoms with Crippen LogP contribution in [0.2, 0.25) is 0 Å². The number of nitrogens with one attached hydrogen (secondary N) is 1. The molecule has 23 heavy (non-hydrogen) atoms. The predicted molar refractivity (Wildman–Crippen MR) is 93.0 cm³/mol. The normalized spacial score (nSPS) is 20.7. The lowest BCUT2D eigenvalue weighted by molar-refractivity contribution is 0.555. The molecule has 2 aliphatic heterocycles. The lowest BCUT2D eigenvalue weighted by Gasteiger charge is -2.40. The van der Waals surface area contributed by atoms with E-state index in [4.69, 9.17) is 0 Å². The Bertz CT molecular complexity index is 665. The van der Waals surface area contributed by atoms with Gasteiger partial charge in [0.2, 0.25) is 0 Å². The molecule has 0 saturated carbocycles. The average molecular weight is 311 g/mol. The summed E-state index contributed by atoms with van der Waals surface area (Å²) < 4.78 is 13.2. The van der Waals surface area contributed by atoms with Crippen LogP contribution >= 0.6 is 0 Å². The van der Waals surface area contributed by atoms with E-state index in [1.807, 2.05) is 12.1 Å². The molecule has 1 unspecified atom stereocenters. The summed E-state index contributed by atoms with van der Waals surface area (Å²) in [4.78, 5) is 4.80. The summed E-state index contributed by atoms with van der Waals surface area (Å²) in [5.41, 5.74) is 3.56. The highest BCUT2D eigenvalue weighted by Gasteiger charge is 2.26. The number of rotatable bonds is 3. The van der Waals surface area contributed by atoms with Crippen LogP contribution in [-0.2, 0) is 0 Å². The highest BCUT2D eigenvalue weighted by molar-refractivity contribution is 5.79. The molecule has 2 aliphatic rings. The number of halogens is 1. The van der Waals surface area contributed by atoms with Crippen LogP contribution in [-0.4, -0.2) is 32.7 Å². The smallest absolute Gasteiger partial charge is 0.123 e. The molecule has 1 atom stereocenters. The third-order valence-corrected chi connectivity index (χ3v) is 4.89. The number of benzene rings is 2. The minimum Gasteiger partial charge on any atom is -0.368 e. The SMILES string of the molecule is Fc1ccc(N2CCN(CC3CCNC3)c3ccccc32)cc1. The van der Waals surface area contributed by atoms with E-state index in [2.05, 4.69) is 39.4 Å². The van der Waals surface area contributed by atoms with Gasteiger partial charge < -0.3 is 15.1 Å². The Kier molecular flexibility index (Phi) is 3.92. The first-order valence-electron chi connectivity index (χ1n) is 8.39. The van der Waals surface area contributed by atoms with Crippen LogP contribution in [0, 0.1) is 11.7 Å². The van der Waals surface area contributed by atoms with Gasteiger partial charge in [-0.2, -0.15) is 0 Å². The molecule has 2 aromatic rings. The van der Waals surface area contributed by atoms with E-state index in [1.165, 1.54) is 29.9 Å². The van der Waals surface area contributed by atoms with Crippen LogP contribution < -0.4 is 15.1 Å². The summed E-state index contributed by atoms with van der Waals surface area (Å²) in [5, 5.41) is 3.45. The summed E-state index contributed by atoms with van der Waals surface area (Å²) in [7, 11) is 0. The van der Waals surface area contributed by atoms with Gasteiger partial charge in [0.05, 0.1) is 11.4 Å². The van der Waals surface area contributed by atoms with Crippen molar-refractivity contribution in [1.82, 2.24) is 5.32 Å². The highest BCUT2D eigenvalue weighted by atomic mass is 19.1. The lowest BCUT2D eigenvalue weighted by Crippen LogP contribution is -2.41. The van der Waals surface area contributed by atoms with E-state index in [-0.39, 0.29) is 5.82 Å². The quantitative estimate of drug-likeness (QED) is 0.937. The lowest BCUT2D eigenvalue weighted by atomic mass is 10.1. The number of hydrogen-bond donors (Lipinski definition) is 1. The second-order valence-corrected chi connectivity index (χ2v) is 6.42. The Morgan fingerprint density at radius 3 is 2.52 bits per heavy atom. The van der Waals surface area contributed by atoms with E-state index in [9.17, 15) is 4.39 Å². The van der Waals surface area contributed by atoms with Crippen molar-refractivity contribution in [1.29, 1.82) is 0 Å². The van der Waals surface area contributed by atoms with Gasteiger partial charge in [-0.25, -0.2) is 4.39 Å². The van der Waals surface area contributed by atoms with Gasteiger partial charge >= 0.3 is 0 Å². The van der Waals surface area contributed by atoms with E-state index < -0.39 is 0 Å². The third kappa shape index (κ3) is 2.91. The van der Waals surface area contributed by atoms with E-state index >= 15 is 0 Å². The van der Waals surface area contributed by atoms with Crippen molar-refractivity contribution in [2.24, 2.45) is 5.92 Å². The van der Waals surface area contributed by atoms with E-state index in [0.29, 0.717) is 0 Å². The van der Waals surface area contributed by atoms with E-state index in [1.54, 1.807) is 0 Å². The van der Waals surface area contributed by atoms with Gasteiger partial charge in [-0.3, -0.25) is 0 Å². The zero-order valence-electron chi connectivity index (χ0n) is 13.2. The van der Waals surface area contributed by atoms with Crippen molar-refractivity contribution >= 4 is 17.1 Å². The van der Waals surface area contributed by atoms with Gasteiger partial charge in [-0.1, -0.05) is 12.1 Å². The molecule has 120 valence electrons. The topological polar surface area (TPSA) is 18.5 Å². The molecule has 4 heteroatoms. The summed E-state index contributed by atoms with van der Waals surface area (Å²) in [6, 6.07) is 15.3. The van der Waals surface area contributed by atoms with Crippen molar-refractivity contribution in [3.63, 3.8) is 0 Å². The Labute approximate surface area is 136 Å². The van der Waals surface area contributed by atoms with Crippen molar-refractivity contribution in [2.45, 2.75) is 6.42 Å². The third-order valence-electron chi connectivity index (χ3n) is 4.89. The molecule has 4 rings (SSSR count). The number of nitrogens with zero attached hydrogens (tertiary/aromatic N) is 2. The molecule has 0 radical (unpaired) electrons. The van der Waals surface area contributed by atoms with Crippen LogP contribution in [0.3, 0.4) is 0 Å². The Morgan fingerprint density at radius 1 is 1.00 bits per heavy atom. The van der Waals surface area contributed by atoms with Crippen molar-refractivity contribution in [3.8, 4) is 0 Å². The summed E-state index contributed by atoms with van der Waals surface area (Å²) >= 11 is 0. The molecule has 2 aromatic carbocycles. The second-order valence-electron chi connectivity index (χ2n) is 6.42. The molecule has 1 fully saturated rings. The first-order valence-corrected chi connectivity index (χ1v) is 8.39. The van der Waals surface area contributed by atoms with Crippen molar-refractivity contribution < 1.29 is 4.39 Å². The van der Waals surface area contributed by atoms with Crippen LogP contribution in [0.1, 0.15) is 6.42 Å². The van der Waals surface area contributed by atoms with Gasteiger partial charge in [0.25, 0.3) is 0 Å². The van der Waals surface area contributed by atoms with Gasteiger partial charge in [0.15, 0.2) is 0 Å². The number of para-hydroxylation sites is 2. The summed E-state index contributed by atoms with van der Waals surface area (Å²) in [5.74, 6) is 0.551. The standard InChI is InChI=1S/C19H22FN3/c20-16-5-7-17(8-6-16)23-12-11-22(14-15-9-10-21-13-15)18-3-1-2-4-19(18)23/h1-8,15,21H,9-14H2. The molecule has 0 aromatic heterocycles. The number of fused-ring (bicyclic) bond motifs is 1. The molecule has 1 N–H and O–H groups in total. The Morgan fingerprint density at radius 2 is 1.78 bits per heavy atom.